The van der Waals surface area contributed by atoms with E-state index in [2.05, 4.69) is 5.32 Å². The van der Waals surface area contributed by atoms with Gasteiger partial charge in [-0.05, 0) is 18.9 Å². The van der Waals surface area contributed by atoms with Crippen molar-refractivity contribution in [1.82, 2.24) is 4.90 Å². The molecule has 1 aliphatic heterocycles. The number of anilines is 1. The van der Waals surface area contributed by atoms with Gasteiger partial charge in [0.15, 0.2) is 17.3 Å². The lowest BCUT2D eigenvalue weighted by atomic mass is 10.0. The Hall–Kier alpha value is -2.25. The van der Waals surface area contributed by atoms with Crippen LogP contribution in [0.2, 0.25) is 0 Å². The molecule has 0 radical (unpaired) electrons. The van der Waals surface area contributed by atoms with E-state index in [1.54, 1.807) is 4.90 Å². The first-order valence-electron chi connectivity index (χ1n) is 6.54. The number of carbonyl (C=O) groups excluding carboxylic acids is 1. The number of rotatable bonds is 3. The van der Waals surface area contributed by atoms with Crippen LogP contribution in [-0.2, 0) is 4.79 Å². The van der Waals surface area contributed by atoms with Crippen molar-refractivity contribution < 1.29 is 18.5 Å². The maximum Gasteiger partial charge on any atom is 0.295 e. The molecule has 0 aliphatic carbocycles. The molecule has 1 aliphatic rings. The van der Waals surface area contributed by atoms with Crippen LogP contribution in [0.15, 0.2) is 12.1 Å². The summed E-state index contributed by atoms with van der Waals surface area (Å²) in [6, 6.07) is 1.43. The summed E-state index contributed by atoms with van der Waals surface area (Å²) in [5, 5.41) is 13.6. The molecule has 21 heavy (non-hydrogen) atoms. The number of piperidine rings is 1. The Balaban J connectivity index is 2.15. The summed E-state index contributed by atoms with van der Waals surface area (Å²) >= 11 is 0. The first kappa shape index (κ1) is 15.1. The lowest BCUT2D eigenvalue weighted by molar-refractivity contribution is -0.384. The number of halogens is 2. The number of amides is 1. The summed E-state index contributed by atoms with van der Waals surface area (Å²) in [4.78, 5) is 23.0. The number of nitrogens with zero attached hydrogens (tertiary/aromatic N) is 2. The maximum atomic E-state index is 13.8. The highest BCUT2D eigenvalue weighted by molar-refractivity contribution is 5.73. The van der Waals surface area contributed by atoms with E-state index in [0.29, 0.717) is 25.9 Å². The van der Waals surface area contributed by atoms with Crippen molar-refractivity contribution in [3.8, 4) is 0 Å². The molecule has 1 aromatic carbocycles. The van der Waals surface area contributed by atoms with E-state index in [1.165, 1.54) is 6.92 Å². The van der Waals surface area contributed by atoms with Gasteiger partial charge < -0.3 is 10.2 Å². The molecule has 0 saturated carbocycles. The van der Waals surface area contributed by atoms with Gasteiger partial charge in [0.25, 0.3) is 5.69 Å². The molecule has 1 heterocycles. The average molecular weight is 299 g/mol. The lowest BCUT2D eigenvalue weighted by Crippen LogP contribution is -2.41. The Morgan fingerprint density at radius 2 is 2.00 bits per heavy atom. The van der Waals surface area contributed by atoms with Gasteiger partial charge in [0, 0.05) is 32.1 Å². The third kappa shape index (κ3) is 3.26. The zero-order valence-corrected chi connectivity index (χ0v) is 11.4. The molecule has 8 heteroatoms. The number of nitro benzene ring substituents is 1. The minimum Gasteiger partial charge on any atom is -0.374 e. The molecule has 0 bridgehead atoms. The minimum atomic E-state index is -1.25. The first-order chi connectivity index (χ1) is 9.90. The number of nitrogens with one attached hydrogen (secondary N) is 1. The average Bonchev–Trinajstić information content (AvgIpc) is 2.44. The van der Waals surface area contributed by atoms with Crippen molar-refractivity contribution in [2.45, 2.75) is 25.8 Å². The highest BCUT2D eigenvalue weighted by Crippen LogP contribution is 2.31. The number of hydrogen-bond donors (Lipinski definition) is 1. The Morgan fingerprint density at radius 3 is 2.52 bits per heavy atom. The van der Waals surface area contributed by atoms with Crippen molar-refractivity contribution in [3.63, 3.8) is 0 Å². The van der Waals surface area contributed by atoms with E-state index in [1.807, 2.05) is 0 Å². The summed E-state index contributed by atoms with van der Waals surface area (Å²) < 4.78 is 27.0. The molecule has 0 unspecified atom stereocenters. The van der Waals surface area contributed by atoms with E-state index in [0.717, 1.165) is 12.1 Å². The van der Waals surface area contributed by atoms with Crippen molar-refractivity contribution in [3.05, 3.63) is 33.9 Å². The number of benzene rings is 1. The second-order valence-electron chi connectivity index (χ2n) is 4.94. The van der Waals surface area contributed by atoms with Crippen LogP contribution >= 0.6 is 0 Å². The van der Waals surface area contributed by atoms with E-state index in [9.17, 15) is 23.7 Å². The molecule has 0 spiro atoms. The fourth-order valence-electron chi connectivity index (χ4n) is 2.37. The molecule has 0 atom stereocenters. The van der Waals surface area contributed by atoms with Gasteiger partial charge in [0.1, 0.15) is 0 Å². The van der Waals surface area contributed by atoms with E-state index in [-0.39, 0.29) is 11.9 Å². The highest BCUT2D eigenvalue weighted by Gasteiger charge is 2.26. The summed E-state index contributed by atoms with van der Waals surface area (Å²) in [7, 11) is 0. The molecule has 6 nitrogen and oxygen atoms in total. The maximum absolute atomic E-state index is 13.8. The third-order valence-corrected chi connectivity index (χ3v) is 3.56. The van der Waals surface area contributed by atoms with Crippen LogP contribution in [0.3, 0.4) is 0 Å². The predicted octanol–water partition coefficient (Wildman–Crippen LogP) is 2.30. The van der Waals surface area contributed by atoms with Crippen molar-refractivity contribution in [2.75, 3.05) is 18.4 Å². The summed E-state index contributed by atoms with van der Waals surface area (Å²) in [5.41, 5.74) is -0.927. The predicted molar refractivity (Wildman–Crippen MR) is 71.9 cm³/mol. The normalized spacial score (nSPS) is 15.9. The van der Waals surface area contributed by atoms with Gasteiger partial charge in [-0.15, -0.1) is 0 Å². The molecular formula is C13H15F2N3O3. The highest BCUT2D eigenvalue weighted by atomic mass is 19.2. The van der Waals surface area contributed by atoms with Crippen LogP contribution < -0.4 is 5.32 Å². The molecule has 0 aromatic heterocycles. The van der Waals surface area contributed by atoms with Gasteiger partial charge in [-0.2, -0.15) is 0 Å². The van der Waals surface area contributed by atoms with Gasteiger partial charge in [0.05, 0.1) is 4.92 Å². The second-order valence-corrected chi connectivity index (χ2v) is 4.94. The zero-order valence-electron chi connectivity index (χ0n) is 11.4. The van der Waals surface area contributed by atoms with E-state index in [4.69, 9.17) is 0 Å². The van der Waals surface area contributed by atoms with E-state index < -0.39 is 27.9 Å². The number of likely N-dealkylation sites (tertiary alicyclic amines) is 1. The number of nitro groups is 1. The van der Waals surface area contributed by atoms with Crippen LogP contribution in [0.25, 0.3) is 0 Å². The summed E-state index contributed by atoms with van der Waals surface area (Å²) in [6.07, 6.45) is 1.04. The van der Waals surface area contributed by atoms with Crippen molar-refractivity contribution in [2.24, 2.45) is 0 Å². The standard InChI is InChI=1S/C13H15F2N3O3/c1-8(19)17-6-4-9(5-7-17)16-13-11(18(20)21)3-2-10(14)12(13)15/h2-3,9,16H,4-7H2,1H3. The van der Waals surface area contributed by atoms with Crippen molar-refractivity contribution >= 4 is 17.3 Å². The van der Waals surface area contributed by atoms with Gasteiger partial charge in [-0.25, -0.2) is 8.78 Å². The Morgan fingerprint density at radius 1 is 1.38 bits per heavy atom. The SMILES string of the molecule is CC(=O)N1CCC(Nc2c([N+](=O)[O-])ccc(F)c2F)CC1. The zero-order chi connectivity index (χ0) is 15.6. The molecule has 1 saturated heterocycles. The fourth-order valence-corrected chi connectivity index (χ4v) is 2.37. The Kier molecular flexibility index (Phi) is 4.35. The van der Waals surface area contributed by atoms with Crippen LogP contribution in [0.4, 0.5) is 20.2 Å². The summed E-state index contributed by atoms with van der Waals surface area (Å²) in [6.45, 7) is 2.43. The smallest absolute Gasteiger partial charge is 0.295 e. The fraction of sp³-hybridized carbons (Fsp3) is 0.462. The van der Waals surface area contributed by atoms with Gasteiger partial charge in [0.2, 0.25) is 5.91 Å². The van der Waals surface area contributed by atoms with Crippen LogP contribution in [0.1, 0.15) is 19.8 Å². The Labute approximate surface area is 119 Å². The molecule has 1 amide bonds. The third-order valence-electron chi connectivity index (χ3n) is 3.56. The van der Waals surface area contributed by atoms with Gasteiger partial charge >= 0.3 is 0 Å². The van der Waals surface area contributed by atoms with Crippen molar-refractivity contribution in [1.29, 1.82) is 0 Å². The number of carbonyl (C=O) groups is 1. The molecule has 1 aromatic rings. The monoisotopic (exact) mass is 299 g/mol. The largest absolute Gasteiger partial charge is 0.374 e. The molecule has 114 valence electrons. The molecule has 1 N–H and O–H groups in total. The second kappa shape index (κ2) is 6.02. The van der Waals surface area contributed by atoms with Crippen LogP contribution in [0, 0.1) is 21.7 Å². The quantitative estimate of drug-likeness (QED) is 0.686. The van der Waals surface area contributed by atoms with Gasteiger partial charge in [-0.1, -0.05) is 0 Å². The molecule has 1 fully saturated rings. The van der Waals surface area contributed by atoms with Gasteiger partial charge in [-0.3, -0.25) is 14.9 Å². The molecule has 2 rings (SSSR count). The van der Waals surface area contributed by atoms with Crippen LogP contribution in [0.5, 0.6) is 0 Å². The molecular weight excluding hydrogens is 284 g/mol. The number of hydrogen-bond acceptors (Lipinski definition) is 4. The topological polar surface area (TPSA) is 75.5 Å². The lowest BCUT2D eigenvalue weighted by Gasteiger charge is -2.32. The Bertz CT molecular complexity index is 572. The first-order valence-corrected chi connectivity index (χ1v) is 6.54. The minimum absolute atomic E-state index is 0.0450. The van der Waals surface area contributed by atoms with E-state index >= 15 is 0 Å². The van der Waals surface area contributed by atoms with Crippen LogP contribution in [-0.4, -0.2) is 34.9 Å². The summed E-state index contributed by atoms with van der Waals surface area (Å²) in [5.74, 6) is -2.43.